The number of benzene rings is 1. The lowest BCUT2D eigenvalue weighted by Gasteiger charge is -2.28. The average molecular weight is 573 g/mol. The number of halogens is 4. The van der Waals surface area contributed by atoms with Crippen molar-refractivity contribution < 1.29 is 40.4 Å². The van der Waals surface area contributed by atoms with E-state index < -0.39 is 74.6 Å². The molecule has 1 saturated carbocycles. The summed E-state index contributed by atoms with van der Waals surface area (Å²) in [5.74, 6) is -5.64. The quantitative estimate of drug-likeness (QED) is 0.247. The molecule has 1 aliphatic rings. The van der Waals surface area contributed by atoms with Crippen LogP contribution in [0.15, 0.2) is 48.8 Å². The number of ketones is 1. The average Bonchev–Trinajstić information content (AvgIpc) is 3.68. The van der Waals surface area contributed by atoms with Gasteiger partial charge in [0.05, 0.1) is 17.5 Å². The van der Waals surface area contributed by atoms with Crippen molar-refractivity contribution in [2.75, 3.05) is 5.75 Å². The summed E-state index contributed by atoms with van der Waals surface area (Å²) in [6.07, 6.45) is -1.00. The normalized spacial score (nSPS) is 16.1. The number of nitrogens with zero attached hydrogens (tertiary/aromatic N) is 1. The number of Topliss-reactive ketones (excluding diaryl/α,β-unsaturated/α-hetero) is 1. The van der Waals surface area contributed by atoms with E-state index >= 15 is 0 Å². The van der Waals surface area contributed by atoms with Gasteiger partial charge in [0.25, 0.3) is 5.91 Å². The Morgan fingerprint density at radius 1 is 1.08 bits per heavy atom. The van der Waals surface area contributed by atoms with E-state index in [1.165, 1.54) is 31.5 Å². The van der Waals surface area contributed by atoms with E-state index in [-0.39, 0.29) is 18.0 Å². The molecule has 0 unspecified atom stereocenters. The van der Waals surface area contributed by atoms with Crippen molar-refractivity contribution in [3.8, 4) is 0 Å². The Morgan fingerprint density at radius 2 is 1.74 bits per heavy atom. The smallest absolute Gasteiger partial charge is 0.347 e. The van der Waals surface area contributed by atoms with Crippen molar-refractivity contribution in [1.29, 1.82) is 0 Å². The molecule has 3 rings (SSSR count). The first-order valence-electron chi connectivity index (χ1n) is 12.1. The lowest BCUT2D eigenvalue weighted by molar-refractivity contribution is -0.160. The summed E-state index contributed by atoms with van der Waals surface area (Å²) in [6.45, 7) is 1.48. The maximum Gasteiger partial charge on any atom is 0.407 e. The predicted molar refractivity (Wildman–Crippen MR) is 132 cm³/mol. The van der Waals surface area contributed by atoms with Gasteiger partial charge in [-0.05, 0) is 48.6 Å². The van der Waals surface area contributed by atoms with E-state index in [0.717, 1.165) is 24.3 Å². The van der Waals surface area contributed by atoms with Crippen LogP contribution in [0.1, 0.15) is 43.4 Å². The predicted octanol–water partition coefficient (Wildman–Crippen LogP) is 2.14. The highest BCUT2D eigenvalue weighted by Gasteiger charge is 2.44. The SMILES string of the molecule is CC[C@H](NC(=O)[C@H](CS(=O)(=O)Cc1cccnc1)N[C@@H](c1ccc(F)cc1)C(F)(F)F)C(=O)C(=O)NC1CC1. The minimum Gasteiger partial charge on any atom is -0.347 e. The summed E-state index contributed by atoms with van der Waals surface area (Å²) in [5, 5.41) is 6.75. The number of hydrogen-bond acceptors (Lipinski definition) is 7. The Kier molecular flexibility index (Phi) is 9.78. The zero-order chi connectivity index (χ0) is 28.8. The number of carbonyl (C=O) groups is 3. The minimum atomic E-state index is -5.01. The molecule has 1 aliphatic carbocycles. The molecule has 2 aromatic rings. The van der Waals surface area contributed by atoms with Crippen LogP contribution >= 0.6 is 0 Å². The van der Waals surface area contributed by atoms with Gasteiger partial charge in [0.15, 0.2) is 9.84 Å². The van der Waals surface area contributed by atoms with Crippen LogP contribution in [-0.2, 0) is 30.0 Å². The van der Waals surface area contributed by atoms with Crippen LogP contribution in [0.25, 0.3) is 0 Å². The second-order valence-corrected chi connectivity index (χ2v) is 11.4. The Hall–Kier alpha value is -3.39. The number of carbonyl (C=O) groups excluding carboxylic acids is 3. The first-order chi connectivity index (χ1) is 18.3. The molecule has 9 nitrogen and oxygen atoms in total. The van der Waals surface area contributed by atoms with Gasteiger partial charge in [-0.15, -0.1) is 0 Å². The number of amides is 2. The second kappa shape index (κ2) is 12.6. The molecule has 2 amide bonds. The fourth-order valence-corrected chi connectivity index (χ4v) is 5.31. The largest absolute Gasteiger partial charge is 0.407 e. The van der Waals surface area contributed by atoms with Gasteiger partial charge >= 0.3 is 6.18 Å². The van der Waals surface area contributed by atoms with E-state index in [0.29, 0.717) is 12.8 Å². The molecule has 3 atom stereocenters. The van der Waals surface area contributed by atoms with E-state index in [1.807, 2.05) is 5.32 Å². The fourth-order valence-electron chi connectivity index (χ4n) is 3.75. The number of hydrogen-bond donors (Lipinski definition) is 3. The van der Waals surface area contributed by atoms with Crippen molar-refractivity contribution in [3.05, 3.63) is 65.7 Å². The van der Waals surface area contributed by atoms with Crippen molar-refractivity contribution in [2.45, 2.75) is 62.3 Å². The summed E-state index contributed by atoms with van der Waals surface area (Å²) in [5.41, 5.74) is -0.209. The maximum absolute atomic E-state index is 14.0. The van der Waals surface area contributed by atoms with E-state index in [9.17, 15) is 40.4 Å². The third-order valence-corrected chi connectivity index (χ3v) is 7.54. The molecule has 0 bridgehead atoms. The van der Waals surface area contributed by atoms with Crippen LogP contribution in [0, 0.1) is 5.82 Å². The Labute approximate surface area is 222 Å². The topological polar surface area (TPSA) is 134 Å². The van der Waals surface area contributed by atoms with E-state index in [4.69, 9.17) is 0 Å². The molecule has 0 radical (unpaired) electrons. The Bertz CT molecular complexity index is 1270. The molecule has 39 heavy (non-hydrogen) atoms. The zero-order valence-corrected chi connectivity index (χ0v) is 21.7. The molecule has 0 spiro atoms. The second-order valence-electron chi connectivity index (χ2n) is 9.24. The van der Waals surface area contributed by atoms with Crippen LogP contribution in [0.4, 0.5) is 17.6 Å². The number of aromatic nitrogens is 1. The number of nitrogens with one attached hydrogen (secondary N) is 3. The number of rotatable bonds is 13. The van der Waals surface area contributed by atoms with Gasteiger partial charge in [0.1, 0.15) is 17.9 Å². The van der Waals surface area contributed by atoms with Gasteiger partial charge in [0.2, 0.25) is 11.7 Å². The summed E-state index contributed by atoms with van der Waals surface area (Å²) in [7, 11) is -4.20. The summed E-state index contributed by atoms with van der Waals surface area (Å²) in [4.78, 5) is 41.8. The monoisotopic (exact) mass is 572 g/mol. The third kappa shape index (κ3) is 9.10. The van der Waals surface area contributed by atoms with E-state index in [2.05, 4.69) is 15.6 Å². The lowest BCUT2D eigenvalue weighted by Crippen LogP contribution is -2.56. The van der Waals surface area contributed by atoms with Crippen LogP contribution in [0.5, 0.6) is 0 Å². The number of alkyl halides is 3. The maximum atomic E-state index is 14.0. The van der Waals surface area contributed by atoms with Crippen LogP contribution < -0.4 is 16.0 Å². The van der Waals surface area contributed by atoms with Gasteiger partial charge in [-0.3, -0.25) is 24.7 Å². The summed E-state index contributed by atoms with van der Waals surface area (Å²) < 4.78 is 81.4. The van der Waals surface area contributed by atoms with Crippen molar-refractivity contribution in [2.24, 2.45) is 0 Å². The molecule has 1 fully saturated rings. The molecule has 1 aromatic heterocycles. The van der Waals surface area contributed by atoms with Gasteiger partial charge in [-0.25, -0.2) is 12.8 Å². The minimum absolute atomic E-state index is 0.0710. The third-order valence-electron chi connectivity index (χ3n) is 5.92. The molecule has 3 N–H and O–H groups in total. The Balaban J connectivity index is 1.87. The molecule has 0 aliphatic heterocycles. The molecular weight excluding hydrogens is 544 g/mol. The lowest BCUT2D eigenvalue weighted by atomic mass is 10.0. The van der Waals surface area contributed by atoms with Crippen LogP contribution in [0.2, 0.25) is 0 Å². The standard InChI is InChI=1S/C25H28F4N4O5S/c1-2-19(21(34)24(36)31-18-9-10-18)33-23(35)20(14-39(37,38)13-15-4-3-11-30-12-15)32-22(25(27,28)29)16-5-7-17(26)8-6-16/h3-8,11-12,18-20,22,32H,2,9-10,13-14H2,1H3,(H,31,36)(H,33,35)/t19-,20-,22-/m0/s1. The van der Waals surface area contributed by atoms with Gasteiger partial charge < -0.3 is 10.6 Å². The molecular formula is C25H28F4N4O5S. The van der Waals surface area contributed by atoms with Gasteiger partial charge in [0, 0.05) is 18.4 Å². The molecule has 0 saturated heterocycles. The first kappa shape index (κ1) is 30.2. The van der Waals surface area contributed by atoms with E-state index in [1.54, 1.807) is 0 Å². The van der Waals surface area contributed by atoms with Crippen LogP contribution in [0.3, 0.4) is 0 Å². The first-order valence-corrected chi connectivity index (χ1v) is 13.9. The summed E-state index contributed by atoms with van der Waals surface area (Å²) >= 11 is 0. The van der Waals surface area contributed by atoms with Crippen molar-refractivity contribution >= 4 is 27.4 Å². The van der Waals surface area contributed by atoms with Gasteiger partial charge in [-0.1, -0.05) is 25.1 Å². The van der Waals surface area contributed by atoms with Crippen molar-refractivity contribution in [1.82, 2.24) is 20.9 Å². The van der Waals surface area contributed by atoms with Crippen molar-refractivity contribution in [3.63, 3.8) is 0 Å². The fraction of sp³-hybridized carbons (Fsp3) is 0.440. The molecule has 1 heterocycles. The molecule has 212 valence electrons. The molecule has 14 heteroatoms. The summed E-state index contributed by atoms with van der Waals surface area (Å²) in [6, 6.07) is 0.179. The highest BCUT2D eigenvalue weighted by Crippen LogP contribution is 2.33. The highest BCUT2D eigenvalue weighted by molar-refractivity contribution is 7.90. The van der Waals surface area contributed by atoms with Gasteiger partial charge in [-0.2, -0.15) is 13.2 Å². The number of pyridine rings is 1. The highest BCUT2D eigenvalue weighted by atomic mass is 32.2. The van der Waals surface area contributed by atoms with Crippen LogP contribution in [-0.4, -0.2) is 61.1 Å². The Morgan fingerprint density at radius 3 is 2.28 bits per heavy atom. The zero-order valence-electron chi connectivity index (χ0n) is 20.9. The molecule has 1 aromatic carbocycles. The number of sulfone groups is 1.